The average Bonchev–Trinajstić information content (AvgIpc) is 2.47. The average molecular weight is 330 g/mol. The Morgan fingerprint density at radius 2 is 2.15 bits per heavy atom. The van der Waals surface area contributed by atoms with Crippen molar-refractivity contribution in [3.63, 3.8) is 0 Å². The van der Waals surface area contributed by atoms with E-state index in [0.29, 0.717) is 12.2 Å². The molecule has 0 saturated carbocycles. The smallest absolute Gasteiger partial charge is 0.0821 e. The Morgan fingerprint density at radius 3 is 2.95 bits per heavy atom. The van der Waals surface area contributed by atoms with Gasteiger partial charge in [0, 0.05) is 16.1 Å². The van der Waals surface area contributed by atoms with Gasteiger partial charge in [-0.2, -0.15) is 10.2 Å². The summed E-state index contributed by atoms with van der Waals surface area (Å²) < 4.78 is 0.986. The number of hydrogen-bond donors (Lipinski definition) is 2. The predicted octanol–water partition coefficient (Wildman–Crippen LogP) is 2.98. The maximum absolute atomic E-state index is 6.02. The molecule has 0 spiro atoms. The molecule has 1 aromatic carbocycles. The zero-order valence-corrected chi connectivity index (χ0v) is 12.1. The molecule has 0 aliphatic carbocycles. The van der Waals surface area contributed by atoms with E-state index in [2.05, 4.69) is 36.4 Å². The first-order valence-corrected chi connectivity index (χ1v) is 6.87. The van der Waals surface area contributed by atoms with Crippen LogP contribution in [-0.2, 0) is 6.54 Å². The number of hydrogen-bond acceptors (Lipinski definition) is 5. The highest BCUT2D eigenvalue weighted by Crippen LogP contribution is 2.30. The van der Waals surface area contributed by atoms with Crippen LogP contribution in [0.25, 0.3) is 10.9 Å². The van der Waals surface area contributed by atoms with Crippen molar-refractivity contribution in [1.82, 2.24) is 15.2 Å². The normalized spacial score (nSPS) is 10.7. The summed E-state index contributed by atoms with van der Waals surface area (Å²) in [6.45, 7) is 0.559. The minimum Gasteiger partial charge on any atom is -0.396 e. The van der Waals surface area contributed by atoms with Crippen LogP contribution in [0, 0.1) is 0 Å². The SMILES string of the molecule is Nc1cnc2ccc(Br)cc2c1NCc1cccnn1. The summed E-state index contributed by atoms with van der Waals surface area (Å²) in [5.41, 5.74) is 9.24. The summed E-state index contributed by atoms with van der Waals surface area (Å²) in [5, 5.41) is 12.2. The highest BCUT2D eigenvalue weighted by molar-refractivity contribution is 9.10. The van der Waals surface area contributed by atoms with Gasteiger partial charge in [0.1, 0.15) is 0 Å². The predicted molar refractivity (Wildman–Crippen MR) is 83.2 cm³/mol. The van der Waals surface area contributed by atoms with Crippen LogP contribution in [-0.4, -0.2) is 15.2 Å². The van der Waals surface area contributed by atoms with E-state index in [4.69, 9.17) is 5.73 Å². The largest absolute Gasteiger partial charge is 0.396 e. The van der Waals surface area contributed by atoms with Gasteiger partial charge in [0.15, 0.2) is 0 Å². The van der Waals surface area contributed by atoms with E-state index in [-0.39, 0.29) is 0 Å². The van der Waals surface area contributed by atoms with E-state index in [9.17, 15) is 0 Å². The standard InChI is InChI=1S/C14H12BrN5/c15-9-3-4-13-11(6-9)14(12(16)8-17-13)18-7-10-2-1-5-19-20-10/h1-6,8H,7,16H2,(H,17,18). The van der Waals surface area contributed by atoms with Gasteiger partial charge in [0.25, 0.3) is 0 Å². The number of anilines is 2. The fourth-order valence-electron chi connectivity index (χ4n) is 1.98. The number of nitrogen functional groups attached to an aromatic ring is 1. The van der Waals surface area contributed by atoms with E-state index in [1.54, 1.807) is 12.4 Å². The van der Waals surface area contributed by atoms with E-state index in [1.807, 2.05) is 30.3 Å². The third-order valence-corrected chi connectivity index (χ3v) is 3.43. The van der Waals surface area contributed by atoms with Crippen LogP contribution >= 0.6 is 15.9 Å². The Morgan fingerprint density at radius 1 is 1.25 bits per heavy atom. The number of nitrogens with zero attached hydrogens (tertiary/aromatic N) is 3. The zero-order valence-electron chi connectivity index (χ0n) is 10.5. The van der Waals surface area contributed by atoms with E-state index in [1.165, 1.54) is 0 Å². The first-order chi connectivity index (χ1) is 9.74. The van der Waals surface area contributed by atoms with Crippen LogP contribution in [0.1, 0.15) is 5.69 Å². The second-order valence-corrected chi connectivity index (χ2v) is 5.23. The maximum Gasteiger partial charge on any atom is 0.0821 e. The minimum atomic E-state index is 0.559. The lowest BCUT2D eigenvalue weighted by Gasteiger charge is -2.12. The third-order valence-electron chi connectivity index (χ3n) is 2.93. The number of nitrogens with two attached hydrogens (primary N) is 1. The van der Waals surface area contributed by atoms with Crippen LogP contribution in [0.2, 0.25) is 0 Å². The number of fused-ring (bicyclic) bond motifs is 1. The maximum atomic E-state index is 6.02. The number of rotatable bonds is 3. The Hall–Kier alpha value is -2.21. The zero-order chi connectivity index (χ0) is 13.9. The van der Waals surface area contributed by atoms with Crippen LogP contribution in [0.5, 0.6) is 0 Å². The van der Waals surface area contributed by atoms with Gasteiger partial charge in [-0.15, -0.1) is 0 Å². The van der Waals surface area contributed by atoms with Crippen LogP contribution in [0.15, 0.2) is 47.2 Å². The molecule has 6 heteroatoms. The number of halogens is 1. The molecule has 0 fully saturated rings. The molecule has 0 saturated heterocycles. The lowest BCUT2D eigenvalue weighted by atomic mass is 10.1. The van der Waals surface area contributed by atoms with Crippen molar-refractivity contribution in [2.75, 3.05) is 11.1 Å². The second kappa shape index (κ2) is 5.42. The Bertz CT molecular complexity index is 740. The monoisotopic (exact) mass is 329 g/mol. The fourth-order valence-corrected chi connectivity index (χ4v) is 2.35. The lowest BCUT2D eigenvalue weighted by Crippen LogP contribution is -2.05. The highest BCUT2D eigenvalue weighted by atomic mass is 79.9. The Kier molecular flexibility index (Phi) is 3.47. The summed E-state index contributed by atoms with van der Waals surface area (Å²) in [6.07, 6.45) is 3.31. The summed E-state index contributed by atoms with van der Waals surface area (Å²) in [4.78, 5) is 4.32. The molecule has 0 aliphatic rings. The Labute approximate surface area is 124 Å². The molecule has 0 unspecified atom stereocenters. The molecule has 2 heterocycles. The molecule has 0 bridgehead atoms. The lowest BCUT2D eigenvalue weighted by molar-refractivity contribution is 0.926. The van der Waals surface area contributed by atoms with Gasteiger partial charge in [0.05, 0.1) is 35.3 Å². The molecule has 0 atom stereocenters. The van der Waals surface area contributed by atoms with Crippen molar-refractivity contribution in [3.8, 4) is 0 Å². The summed E-state index contributed by atoms with van der Waals surface area (Å²) in [7, 11) is 0. The van der Waals surface area contributed by atoms with Gasteiger partial charge in [0.2, 0.25) is 0 Å². The van der Waals surface area contributed by atoms with Gasteiger partial charge in [-0.3, -0.25) is 4.98 Å². The summed E-state index contributed by atoms with van der Waals surface area (Å²) in [6, 6.07) is 9.67. The first-order valence-electron chi connectivity index (χ1n) is 6.08. The van der Waals surface area contributed by atoms with E-state index in [0.717, 1.165) is 26.8 Å². The van der Waals surface area contributed by atoms with Gasteiger partial charge in [-0.05, 0) is 30.3 Å². The highest BCUT2D eigenvalue weighted by Gasteiger charge is 2.07. The van der Waals surface area contributed by atoms with E-state index < -0.39 is 0 Å². The van der Waals surface area contributed by atoms with Gasteiger partial charge in [-0.1, -0.05) is 15.9 Å². The second-order valence-electron chi connectivity index (χ2n) is 4.32. The first kappa shape index (κ1) is 12.8. The number of aromatic nitrogens is 3. The van der Waals surface area contributed by atoms with Crippen LogP contribution < -0.4 is 11.1 Å². The molecule has 0 amide bonds. The van der Waals surface area contributed by atoms with Crippen molar-refractivity contribution in [2.45, 2.75) is 6.54 Å². The quantitative estimate of drug-likeness (QED) is 0.772. The Balaban J connectivity index is 1.97. The number of pyridine rings is 1. The molecule has 0 radical (unpaired) electrons. The molecule has 100 valence electrons. The van der Waals surface area contributed by atoms with Crippen LogP contribution in [0.3, 0.4) is 0 Å². The summed E-state index contributed by atoms with van der Waals surface area (Å²) >= 11 is 3.47. The molecular formula is C14H12BrN5. The summed E-state index contributed by atoms with van der Waals surface area (Å²) in [5.74, 6) is 0. The van der Waals surface area contributed by atoms with E-state index >= 15 is 0 Å². The molecule has 2 aromatic heterocycles. The van der Waals surface area contributed by atoms with Crippen molar-refractivity contribution in [3.05, 3.63) is 52.9 Å². The molecular weight excluding hydrogens is 318 g/mol. The molecule has 3 aromatic rings. The van der Waals surface area contributed by atoms with Gasteiger partial charge < -0.3 is 11.1 Å². The third kappa shape index (κ3) is 2.55. The molecule has 5 nitrogen and oxygen atoms in total. The number of benzene rings is 1. The topological polar surface area (TPSA) is 76.7 Å². The molecule has 3 N–H and O–H groups in total. The van der Waals surface area contributed by atoms with Crippen molar-refractivity contribution in [2.24, 2.45) is 0 Å². The van der Waals surface area contributed by atoms with Gasteiger partial charge in [-0.25, -0.2) is 0 Å². The van der Waals surface area contributed by atoms with Crippen LogP contribution in [0.4, 0.5) is 11.4 Å². The fraction of sp³-hybridized carbons (Fsp3) is 0.0714. The molecule has 3 rings (SSSR count). The van der Waals surface area contributed by atoms with Gasteiger partial charge >= 0.3 is 0 Å². The molecule has 20 heavy (non-hydrogen) atoms. The van der Waals surface area contributed by atoms with Crippen molar-refractivity contribution < 1.29 is 0 Å². The van der Waals surface area contributed by atoms with Crippen molar-refractivity contribution in [1.29, 1.82) is 0 Å². The number of nitrogens with one attached hydrogen (secondary N) is 1. The minimum absolute atomic E-state index is 0.559. The van der Waals surface area contributed by atoms with Crippen molar-refractivity contribution >= 4 is 38.2 Å². The molecule has 0 aliphatic heterocycles.